The smallest absolute Gasteiger partial charge is 0.310 e. The van der Waals surface area contributed by atoms with Gasteiger partial charge in [0.05, 0.1) is 32.8 Å². The van der Waals surface area contributed by atoms with Gasteiger partial charge in [0.25, 0.3) is 0 Å². The number of aryl methyl sites for hydroxylation is 1. The number of esters is 1. The van der Waals surface area contributed by atoms with E-state index in [2.05, 4.69) is 0 Å². The molecule has 0 atom stereocenters. The number of carbonyl (C=O) groups excluding carboxylic acids is 1. The van der Waals surface area contributed by atoms with E-state index >= 15 is 0 Å². The zero-order chi connectivity index (χ0) is 15.6. The molecule has 1 aromatic carbocycles. The molecule has 0 spiro atoms. The highest BCUT2D eigenvalue weighted by molar-refractivity contribution is 6.01. The second kappa shape index (κ2) is 5.95. The molecule has 6 nitrogen and oxygen atoms in total. The predicted molar refractivity (Wildman–Crippen MR) is 80.8 cm³/mol. The van der Waals surface area contributed by atoms with Gasteiger partial charge in [0.1, 0.15) is 0 Å². The lowest BCUT2D eigenvalue weighted by molar-refractivity contribution is -0.142. The molecular formula is C15H20N2O4. The summed E-state index contributed by atoms with van der Waals surface area (Å²) in [6, 6.07) is 1.70. The van der Waals surface area contributed by atoms with Crippen molar-refractivity contribution in [2.75, 3.05) is 26.6 Å². The van der Waals surface area contributed by atoms with Crippen molar-refractivity contribution in [3.63, 3.8) is 0 Å². The molecule has 21 heavy (non-hydrogen) atoms. The first-order valence-electron chi connectivity index (χ1n) is 6.67. The van der Waals surface area contributed by atoms with Gasteiger partial charge in [0.2, 0.25) is 0 Å². The number of nitrogens with two attached hydrogens (primary N) is 1. The molecule has 114 valence electrons. The number of nitrogens with zero attached hydrogens (tertiary/aromatic N) is 1. The van der Waals surface area contributed by atoms with Gasteiger partial charge in [0.15, 0.2) is 11.5 Å². The molecule has 1 heterocycles. The molecule has 0 radical (unpaired) electrons. The van der Waals surface area contributed by atoms with Crippen LogP contribution in [0.1, 0.15) is 12.5 Å². The lowest BCUT2D eigenvalue weighted by Crippen LogP contribution is -2.07. The highest BCUT2D eigenvalue weighted by Gasteiger charge is 2.20. The highest BCUT2D eigenvalue weighted by atomic mass is 16.5. The summed E-state index contributed by atoms with van der Waals surface area (Å²) >= 11 is 0. The van der Waals surface area contributed by atoms with E-state index < -0.39 is 0 Å². The Morgan fingerprint density at radius 2 is 2.05 bits per heavy atom. The number of ether oxygens (including phenoxy) is 3. The largest absolute Gasteiger partial charge is 0.493 e. The predicted octanol–water partition coefficient (Wildman–Crippen LogP) is 1.88. The van der Waals surface area contributed by atoms with Gasteiger partial charge < -0.3 is 24.5 Å². The van der Waals surface area contributed by atoms with Crippen LogP contribution in [0.4, 0.5) is 5.69 Å². The van der Waals surface area contributed by atoms with Crippen molar-refractivity contribution in [3.05, 3.63) is 17.8 Å². The number of benzene rings is 1. The molecular weight excluding hydrogens is 272 g/mol. The fourth-order valence-corrected chi connectivity index (χ4v) is 2.53. The number of fused-ring (bicyclic) bond motifs is 1. The highest BCUT2D eigenvalue weighted by Crippen LogP contribution is 2.41. The Morgan fingerprint density at radius 3 is 2.62 bits per heavy atom. The minimum atomic E-state index is -0.279. The molecule has 0 aliphatic rings. The molecule has 2 N–H and O–H groups in total. The Morgan fingerprint density at radius 1 is 1.33 bits per heavy atom. The maximum atomic E-state index is 11.7. The summed E-state index contributed by atoms with van der Waals surface area (Å²) < 4.78 is 17.6. The third-order valence-corrected chi connectivity index (χ3v) is 3.34. The van der Waals surface area contributed by atoms with Crippen LogP contribution in [0.15, 0.2) is 12.3 Å². The fourth-order valence-electron chi connectivity index (χ4n) is 2.53. The molecule has 0 aliphatic heterocycles. The summed E-state index contributed by atoms with van der Waals surface area (Å²) in [7, 11) is 5.01. The number of nitrogen functional groups attached to an aromatic ring is 1. The van der Waals surface area contributed by atoms with E-state index in [0.717, 1.165) is 16.5 Å². The van der Waals surface area contributed by atoms with E-state index in [1.54, 1.807) is 27.2 Å². The topological polar surface area (TPSA) is 75.7 Å². The van der Waals surface area contributed by atoms with Gasteiger partial charge in [0, 0.05) is 30.4 Å². The molecule has 0 fully saturated rings. The molecule has 2 aromatic rings. The van der Waals surface area contributed by atoms with Gasteiger partial charge in [-0.2, -0.15) is 0 Å². The SMILES string of the molecule is CCOC(=O)Cc1cn(C)c2c(OC)c(OC)cc(N)c12. The van der Waals surface area contributed by atoms with E-state index in [9.17, 15) is 4.79 Å². The van der Waals surface area contributed by atoms with Crippen LogP contribution in [0, 0.1) is 0 Å². The molecule has 0 bridgehead atoms. The van der Waals surface area contributed by atoms with Crippen molar-refractivity contribution in [1.29, 1.82) is 0 Å². The number of carbonyl (C=O) groups is 1. The summed E-state index contributed by atoms with van der Waals surface area (Å²) in [5.74, 6) is 0.880. The van der Waals surface area contributed by atoms with Gasteiger partial charge >= 0.3 is 5.97 Å². The van der Waals surface area contributed by atoms with Crippen molar-refractivity contribution in [3.8, 4) is 11.5 Å². The van der Waals surface area contributed by atoms with E-state index in [0.29, 0.717) is 23.8 Å². The van der Waals surface area contributed by atoms with Crippen molar-refractivity contribution in [2.45, 2.75) is 13.3 Å². The van der Waals surface area contributed by atoms with Crippen molar-refractivity contribution < 1.29 is 19.0 Å². The molecule has 1 aromatic heterocycles. The van der Waals surface area contributed by atoms with Crippen molar-refractivity contribution in [1.82, 2.24) is 4.57 Å². The van der Waals surface area contributed by atoms with Crippen LogP contribution in [0.3, 0.4) is 0 Å². The lowest BCUT2D eigenvalue weighted by Gasteiger charge is -2.12. The standard InChI is InChI=1S/C15H20N2O4/c1-5-21-12(18)6-9-8-17(2)14-13(9)10(16)7-11(19-3)15(14)20-4/h7-8H,5-6,16H2,1-4H3. The van der Waals surface area contributed by atoms with Crippen molar-refractivity contribution in [2.24, 2.45) is 7.05 Å². The molecule has 2 rings (SSSR count). The Labute approximate surface area is 123 Å². The van der Waals surface area contributed by atoms with Gasteiger partial charge in [-0.05, 0) is 12.5 Å². The van der Waals surface area contributed by atoms with Gasteiger partial charge in [-0.3, -0.25) is 4.79 Å². The third kappa shape index (κ3) is 2.61. The maximum absolute atomic E-state index is 11.7. The lowest BCUT2D eigenvalue weighted by atomic mass is 10.1. The minimum Gasteiger partial charge on any atom is -0.493 e. The first-order chi connectivity index (χ1) is 10.0. The minimum absolute atomic E-state index is 0.171. The zero-order valence-electron chi connectivity index (χ0n) is 12.7. The van der Waals surface area contributed by atoms with Crippen LogP contribution >= 0.6 is 0 Å². The van der Waals surface area contributed by atoms with Crippen LogP contribution in [0.2, 0.25) is 0 Å². The summed E-state index contributed by atoms with van der Waals surface area (Å²) in [4.78, 5) is 11.7. The van der Waals surface area contributed by atoms with Crippen LogP contribution in [-0.2, 0) is 23.0 Å². The number of anilines is 1. The maximum Gasteiger partial charge on any atom is 0.310 e. The normalized spacial score (nSPS) is 10.7. The van der Waals surface area contributed by atoms with Crippen LogP contribution in [0.25, 0.3) is 10.9 Å². The first-order valence-corrected chi connectivity index (χ1v) is 6.67. The zero-order valence-corrected chi connectivity index (χ0v) is 12.7. The molecule has 0 saturated carbocycles. The monoisotopic (exact) mass is 292 g/mol. The molecule has 0 aliphatic carbocycles. The number of methoxy groups -OCH3 is 2. The summed E-state index contributed by atoms with van der Waals surface area (Å²) in [6.07, 6.45) is 2.03. The summed E-state index contributed by atoms with van der Waals surface area (Å²) in [6.45, 7) is 2.14. The second-order valence-corrected chi connectivity index (χ2v) is 4.67. The average molecular weight is 292 g/mol. The Balaban J connectivity index is 2.63. The number of rotatable bonds is 5. The average Bonchev–Trinajstić information content (AvgIpc) is 2.76. The van der Waals surface area contributed by atoms with E-state index in [1.807, 2.05) is 17.8 Å². The van der Waals surface area contributed by atoms with Gasteiger partial charge in [-0.25, -0.2) is 0 Å². The number of hydrogen-bond acceptors (Lipinski definition) is 5. The summed E-state index contributed by atoms with van der Waals surface area (Å²) in [5, 5.41) is 0.795. The van der Waals surface area contributed by atoms with Gasteiger partial charge in [-0.1, -0.05) is 0 Å². The van der Waals surface area contributed by atoms with Crippen LogP contribution in [0.5, 0.6) is 11.5 Å². The number of hydrogen-bond donors (Lipinski definition) is 1. The molecule has 0 amide bonds. The molecule has 6 heteroatoms. The van der Waals surface area contributed by atoms with Crippen molar-refractivity contribution >= 4 is 22.6 Å². The molecule has 0 unspecified atom stereocenters. The third-order valence-electron chi connectivity index (χ3n) is 3.34. The fraction of sp³-hybridized carbons (Fsp3) is 0.400. The van der Waals surface area contributed by atoms with Crippen LogP contribution in [-0.4, -0.2) is 31.4 Å². The van der Waals surface area contributed by atoms with Gasteiger partial charge in [-0.15, -0.1) is 0 Å². The summed E-state index contributed by atoms with van der Waals surface area (Å²) in [5.41, 5.74) is 8.27. The Kier molecular flexibility index (Phi) is 4.26. The molecule has 0 saturated heterocycles. The van der Waals surface area contributed by atoms with Crippen LogP contribution < -0.4 is 15.2 Å². The number of aromatic nitrogens is 1. The Bertz CT molecular complexity index is 676. The van der Waals surface area contributed by atoms with E-state index in [-0.39, 0.29) is 12.4 Å². The van der Waals surface area contributed by atoms with E-state index in [4.69, 9.17) is 19.9 Å². The Hall–Kier alpha value is -2.37. The quantitative estimate of drug-likeness (QED) is 0.672. The first kappa shape index (κ1) is 15.0. The second-order valence-electron chi connectivity index (χ2n) is 4.67. The van der Waals surface area contributed by atoms with E-state index in [1.165, 1.54) is 0 Å².